The lowest BCUT2D eigenvalue weighted by molar-refractivity contribution is 0.505. The van der Waals surface area contributed by atoms with Crippen LogP contribution in [0.15, 0.2) is 42.0 Å². The van der Waals surface area contributed by atoms with Gasteiger partial charge in [-0.15, -0.1) is 0 Å². The molecule has 0 saturated carbocycles. The minimum absolute atomic E-state index is 0.750. The van der Waals surface area contributed by atoms with Crippen molar-refractivity contribution in [3.05, 3.63) is 47.5 Å². The van der Waals surface area contributed by atoms with Crippen molar-refractivity contribution in [1.82, 2.24) is 0 Å². The highest BCUT2D eigenvalue weighted by Gasteiger charge is 2.28. The van der Waals surface area contributed by atoms with E-state index in [9.17, 15) is 0 Å². The van der Waals surface area contributed by atoms with E-state index in [1.165, 1.54) is 0 Å². The average Bonchev–Trinajstić information content (AvgIpc) is 2.02. The van der Waals surface area contributed by atoms with Crippen LogP contribution in [0.25, 0.3) is 0 Å². The summed E-state index contributed by atoms with van der Waals surface area (Å²) in [7, 11) is 0. The van der Waals surface area contributed by atoms with Gasteiger partial charge in [-0.05, 0) is 24.0 Å². The van der Waals surface area contributed by atoms with Gasteiger partial charge in [0.25, 0.3) is 0 Å². The Labute approximate surface area is 78.2 Å². The minimum Gasteiger partial charge on any atom is -0.306 e. The molecule has 0 amide bonds. The summed E-state index contributed by atoms with van der Waals surface area (Å²) in [6.07, 6.45) is 4.26. The Balaban J connectivity index is 2.34. The van der Waals surface area contributed by atoms with Gasteiger partial charge in [0, 0.05) is 0 Å². The maximum Gasteiger partial charge on any atom is 0.112 e. The van der Waals surface area contributed by atoms with Gasteiger partial charge >= 0.3 is 0 Å². The zero-order valence-corrected chi connectivity index (χ0v) is 7.53. The van der Waals surface area contributed by atoms with Crippen LogP contribution in [0.1, 0.15) is 18.4 Å². The zero-order chi connectivity index (χ0) is 9.31. The first-order chi connectivity index (χ1) is 6.21. The Morgan fingerprint density at radius 1 is 1.08 bits per heavy atom. The molecule has 0 radical (unpaired) electrons. The van der Waals surface area contributed by atoms with Gasteiger partial charge in [-0.1, -0.05) is 36.4 Å². The number of nitrogens with two attached hydrogens (primary N) is 2. The molecule has 0 aromatic heterocycles. The van der Waals surface area contributed by atoms with Crippen molar-refractivity contribution in [2.45, 2.75) is 18.5 Å². The molecule has 0 aliphatic heterocycles. The number of allylic oxidation sites excluding steroid dienone is 1. The summed E-state index contributed by atoms with van der Waals surface area (Å²) in [5, 5.41) is 0. The Bertz CT molecular complexity index is 325. The maximum atomic E-state index is 6.05. The molecule has 0 heterocycles. The van der Waals surface area contributed by atoms with E-state index < -0.39 is 5.66 Å². The summed E-state index contributed by atoms with van der Waals surface area (Å²) in [5.74, 6) is 0. The van der Waals surface area contributed by atoms with E-state index in [0.717, 1.165) is 24.0 Å². The average molecular weight is 174 g/mol. The van der Waals surface area contributed by atoms with Crippen molar-refractivity contribution >= 4 is 0 Å². The standard InChI is InChI=1S/C11H14N2/c12-11(13,10-7-4-8-10)9-5-2-1-3-6-9/h1-3,5-7H,4,8,12-13H2. The summed E-state index contributed by atoms with van der Waals surface area (Å²) in [6.45, 7) is 0. The number of benzene rings is 1. The molecule has 13 heavy (non-hydrogen) atoms. The van der Waals surface area contributed by atoms with Crippen molar-refractivity contribution < 1.29 is 0 Å². The van der Waals surface area contributed by atoms with Gasteiger partial charge in [-0.2, -0.15) is 0 Å². The van der Waals surface area contributed by atoms with Gasteiger partial charge in [0.2, 0.25) is 0 Å². The van der Waals surface area contributed by atoms with E-state index in [2.05, 4.69) is 6.08 Å². The fourth-order valence-electron chi connectivity index (χ4n) is 1.56. The highest BCUT2D eigenvalue weighted by Crippen LogP contribution is 2.31. The summed E-state index contributed by atoms with van der Waals surface area (Å²) < 4.78 is 0. The Morgan fingerprint density at radius 3 is 2.15 bits per heavy atom. The lowest BCUT2D eigenvalue weighted by atomic mass is 9.83. The molecule has 0 spiro atoms. The fourth-order valence-corrected chi connectivity index (χ4v) is 1.56. The molecule has 0 unspecified atom stereocenters. The number of rotatable bonds is 2. The highest BCUT2D eigenvalue weighted by atomic mass is 15.0. The predicted octanol–water partition coefficient (Wildman–Crippen LogP) is 1.48. The monoisotopic (exact) mass is 174 g/mol. The van der Waals surface area contributed by atoms with E-state index in [-0.39, 0.29) is 0 Å². The topological polar surface area (TPSA) is 52.0 Å². The van der Waals surface area contributed by atoms with Gasteiger partial charge in [0.15, 0.2) is 0 Å². The molecule has 4 N–H and O–H groups in total. The molecule has 1 aromatic carbocycles. The molecule has 2 rings (SSSR count). The van der Waals surface area contributed by atoms with Crippen LogP contribution in [-0.4, -0.2) is 0 Å². The second kappa shape index (κ2) is 2.98. The molecule has 0 fully saturated rings. The van der Waals surface area contributed by atoms with Crippen LogP contribution < -0.4 is 11.5 Å². The second-order valence-corrected chi connectivity index (χ2v) is 3.50. The van der Waals surface area contributed by atoms with Crippen LogP contribution in [0.5, 0.6) is 0 Å². The van der Waals surface area contributed by atoms with Crippen molar-refractivity contribution in [3.63, 3.8) is 0 Å². The Hall–Kier alpha value is -1.12. The molecule has 1 aliphatic carbocycles. The second-order valence-electron chi connectivity index (χ2n) is 3.50. The van der Waals surface area contributed by atoms with Gasteiger partial charge in [0.05, 0.1) is 0 Å². The zero-order valence-electron chi connectivity index (χ0n) is 7.53. The minimum atomic E-state index is -0.750. The van der Waals surface area contributed by atoms with Crippen LogP contribution in [0.4, 0.5) is 0 Å². The van der Waals surface area contributed by atoms with E-state index >= 15 is 0 Å². The van der Waals surface area contributed by atoms with Gasteiger partial charge in [-0.3, -0.25) is 0 Å². The van der Waals surface area contributed by atoms with E-state index in [0.29, 0.717) is 0 Å². The van der Waals surface area contributed by atoms with Gasteiger partial charge < -0.3 is 11.5 Å². The van der Waals surface area contributed by atoms with Crippen LogP contribution in [0, 0.1) is 0 Å². The summed E-state index contributed by atoms with van der Waals surface area (Å²) in [4.78, 5) is 0. The first-order valence-electron chi connectivity index (χ1n) is 4.54. The fraction of sp³-hybridized carbons (Fsp3) is 0.273. The molecule has 68 valence electrons. The highest BCUT2D eigenvalue weighted by molar-refractivity contribution is 5.36. The van der Waals surface area contributed by atoms with Crippen LogP contribution in [0.3, 0.4) is 0 Å². The molecule has 1 aliphatic rings. The summed E-state index contributed by atoms with van der Waals surface area (Å²) >= 11 is 0. The SMILES string of the molecule is NC(N)(C1=CCC1)c1ccccc1. The quantitative estimate of drug-likeness (QED) is 0.527. The first-order valence-corrected chi connectivity index (χ1v) is 4.54. The molecule has 2 nitrogen and oxygen atoms in total. The number of hydrogen-bond acceptors (Lipinski definition) is 2. The van der Waals surface area contributed by atoms with Crippen LogP contribution in [0.2, 0.25) is 0 Å². The van der Waals surface area contributed by atoms with E-state index in [1.807, 2.05) is 30.3 Å². The third-order valence-corrected chi connectivity index (χ3v) is 2.59. The van der Waals surface area contributed by atoms with E-state index in [4.69, 9.17) is 11.5 Å². The third kappa shape index (κ3) is 1.39. The largest absolute Gasteiger partial charge is 0.306 e. The molecule has 0 bridgehead atoms. The number of hydrogen-bond donors (Lipinski definition) is 2. The van der Waals surface area contributed by atoms with Crippen molar-refractivity contribution in [3.8, 4) is 0 Å². The van der Waals surface area contributed by atoms with E-state index in [1.54, 1.807) is 0 Å². The van der Waals surface area contributed by atoms with Crippen LogP contribution in [-0.2, 0) is 5.66 Å². The van der Waals surface area contributed by atoms with Crippen molar-refractivity contribution in [2.24, 2.45) is 11.5 Å². The smallest absolute Gasteiger partial charge is 0.112 e. The van der Waals surface area contributed by atoms with Gasteiger partial charge in [0.1, 0.15) is 5.66 Å². The van der Waals surface area contributed by atoms with Crippen molar-refractivity contribution in [1.29, 1.82) is 0 Å². The lowest BCUT2D eigenvalue weighted by Gasteiger charge is -2.32. The molecule has 0 saturated heterocycles. The van der Waals surface area contributed by atoms with Crippen molar-refractivity contribution in [2.75, 3.05) is 0 Å². The lowest BCUT2D eigenvalue weighted by Crippen LogP contribution is -2.49. The maximum absolute atomic E-state index is 6.05. The molecule has 0 atom stereocenters. The summed E-state index contributed by atoms with van der Waals surface area (Å²) in [5.41, 5.74) is 13.5. The molecule has 1 aromatic rings. The van der Waals surface area contributed by atoms with Gasteiger partial charge in [-0.25, -0.2) is 0 Å². The molecule has 2 heteroatoms. The first kappa shape index (κ1) is 8.48. The van der Waals surface area contributed by atoms with Crippen LogP contribution >= 0.6 is 0 Å². The summed E-state index contributed by atoms with van der Waals surface area (Å²) in [6, 6.07) is 9.83. The Morgan fingerprint density at radius 2 is 1.69 bits per heavy atom. The predicted molar refractivity (Wildman–Crippen MR) is 53.8 cm³/mol. The molecular formula is C11H14N2. The molecular weight excluding hydrogens is 160 g/mol. The third-order valence-electron chi connectivity index (χ3n) is 2.59. The normalized spacial score (nSPS) is 16.3. The Kier molecular flexibility index (Phi) is 1.94.